The van der Waals surface area contributed by atoms with Crippen LogP contribution in [0.25, 0.3) is 0 Å². The maximum absolute atomic E-state index is 10.5. The third-order valence-corrected chi connectivity index (χ3v) is 3.47. The molecule has 112 valence electrons. The van der Waals surface area contributed by atoms with Gasteiger partial charge in [-0.05, 0) is 41.5 Å². The van der Waals surface area contributed by atoms with Crippen molar-refractivity contribution in [2.24, 2.45) is 5.73 Å². The van der Waals surface area contributed by atoms with E-state index in [1.165, 1.54) is 16.7 Å². The average Bonchev–Trinajstić information content (AvgIpc) is 2.44. The first-order valence-corrected chi connectivity index (χ1v) is 7.23. The molecular weight excluding hydrogens is 254 g/mol. The monoisotopic (exact) mass is 279 g/mol. The maximum Gasteiger partial charge on any atom is 0.329 e. The molecule has 0 amide bonds. The summed E-state index contributed by atoms with van der Waals surface area (Å²) in [6.07, 6.45) is 2.84. The van der Waals surface area contributed by atoms with Crippen molar-refractivity contribution in [1.82, 2.24) is 0 Å². The molecule has 3 N–H and O–H groups in total. The molecule has 1 aromatic carbocycles. The standard InChI is InChI=1S/C16H25NO3/c1-4-11-7-12(5-2)16(13(6-3)8-11)14(17)9-20-10-15(18)19/h7-8,14H,4-6,9-10,17H2,1-3H3,(H,18,19). The lowest BCUT2D eigenvalue weighted by Crippen LogP contribution is -2.22. The van der Waals surface area contributed by atoms with Crippen molar-refractivity contribution in [2.45, 2.75) is 46.1 Å². The Morgan fingerprint density at radius 3 is 2.15 bits per heavy atom. The predicted octanol–water partition coefficient (Wildman–Crippen LogP) is 2.47. The fourth-order valence-corrected chi connectivity index (χ4v) is 2.47. The normalized spacial score (nSPS) is 12.4. The second-order valence-electron chi connectivity index (χ2n) is 4.90. The van der Waals surface area contributed by atoms with Crippen LogP contribution in [-0.2, 0) is 28.8 Å². The van der Waals surface area contributed by atoms with Gasteiger partial charge in [0.1, 0.15) is 6.61 Å². The van der Waals surface area contributed by atoms with Crippen molar-refractivity contribution < 1.29 is 14.6 Å². The molecule has 4 heteroatoms. The van der Waals surface area contributed by atoms with Crippen LogP contribution in [-0.4, -0.2) is 24.3 Å². The van der Waals surface area contributed by atoms with Crippen LogP contribution in [0.2, 0.25) is 0 Å². The number of benzene rings is 1. The van der Waals surface area contributed by atoms with Crippen molar-refractivity contribution in [3.63, 3.8) is 0 Å². The fraction of sp³-hybridized carbons (Fsp3) is 0.562. The van der Waals surface area contributed by atoms with Crippen LogP contribution < -0.4 is 5.73 Å². The van der Waals surface area contributed by atoms with E-state index in [2.05, 4.69) is 32.9 Å². The van der Waals surface area contributed by atoms with E-state index in [4.69, 9.17) is 15.6 Å². The van der Waals surface area contributed by atoms with Crippen LogP contribution in [0.3, 0.4) is 0 Å². The van der Waals surface area contributed by atoms with Gasteiger partial charge in [-0.2, -0.15) is 0 Å². The van der Waals surface area contributed by atoms with Gasteiger partial charge >= 0.3 is 5.97 Å². The quantitative estimate of drug-likeness (QED) is 0.766. The Labute approximate surface area is 120 Å². The summed E-state index contributed by atoms with van der Waals surface area (Å²) in [5.41, 5.74) is 11.1. The first kappa shape index (κ1) is 16.7. The van der Waals surface area contributed by atoms with E-state index >= 15 is 0 Å². The second-order valence-corrected chi connectivity index (χ2v) is 4.90. The summed E-state index contributed by atoms with van der Waals surface area (Å²) in [4.78, 5) is 10.5. The first-order chi connectivity index (χ1) is 9.53. The number of rotatable bonds is 8. The zero-order valence-corrected chi connectivity index (χ0v) is 12.6. The van der Waals surface area contributed by atoms with E-state index in [0.29, 0.717) is 0 Å². The number of carbonyl (C=O) groups is 1. The second kappa shape index (κ2) is 8.02. The Bertz CT molecular complexity index is 432. The first-order valence-electron chi connectivity index (χ1n) is 7.23. The van der Waals surface area contributed by atoms with Crippen molar-refractivity contribution >= 4 is 5.97 Å². The molecule has 20 heavy (non-hydrogen) atoms. The molecule has 0 radical (unpaired) electrons. The van der Waals surface area contributed by atoms with Gasteiger partial charge in [-0.1, -0.05) is 32.9 Å². The van der Waals surface area contributed by atoms with Gasteiger partial charge in [0.05, 0.1) is 12.6 Å². The Morgan fingerprint density at radius 2 is 1.75 bits per heavy atom. The van der Waals surface area contributed by atoms with E-state index in [1.54, 1.807) is 0 Å². The van der Waals surface area contributed by atoms with Gasteiger partial charge in [-0.25, -0.2) is 4.79 Å². The highest BCUT2D eigenvalue weighted by Gasteiger charge is 2.16. The molecule has 1 unspecified atom stereocenters. The molecule has 0 bridgehead atoms. The predicted molar refractivity (Wildman–Crippen MR) is 80.0 cm³/mol. The molecule has 0 heterocycles. The van der Waals surface area contributed by atoms with Crippen LogP contribution >= 0.6 is 0 Å². The van der Waals surface area contributed by atoms with Crippen molar-refractivity contribution in [1.29, 1.82) is 0 Å². The zero-order chi connectivity index (χ0) is 15.1. The van der Waals surface area contributed by atoms with Gasteiger partial charge in [-0.3, -0.25) is 0 Å². The van der Waals surface area contributed by atoms with E-state index in [0.717, 1.165) is 24.8 Å². The topological polar surface area (TPSA) is 72.5 Å². The van der Waals surface area contributed by atoms with Crippen molar-refractivity contribution in [3.05, 3.63) is 34.4 Å². The fourth-order valence-electron chi connectivity index (χ4n) is 2.47. The Hall–Kier alpha value is -1.39. The largest absolute Gasteiger partial charge is 0.480 e. The maximum atomic E-state index is 10.5. The van der Waals surface area contributed by atoms with E-state index in [9.17, 15) is 4.79 Å². The number of aryl methyl sites for hydroxylation is 3. The number of aliphatic carboxylic acids is 1. The summed E-state index contributed by atoms with van der Waals surface area (Å²) in [5.74, 6) is -0.968. The SMILES string of the molecule is CCc1cc(CC)c(C(N)COCC(=O)O)c(CC)c1. The van der Waals surface area contributed by atoms with Crippen LogP contribution in [0.4, 0.5) is 0 Å². The van der Waals surface area contributed by atoms with Crippen LogP contribution in [0.15, 0.2) is 12.1 Å². The number of hydrogen-bond acceptors (Lipinski definition) is 3. The molecule has 0 aliphatic rings. The highest BCUT2D eigenvalue weighted by Crippen LogP contribution is 2.25. The highest BCUT2D eigenvalue weighted by atomic mass is 16.5. The Kier molecular flexibility index (Phi) is 6.68. The van der Waals surface area contributed by atoms with Crippen LogP contribution in [0, 0.1) is 0 Å². The number of nitrogens with two attached hydrogens (primary N) is 1. The number of carboxylic acid groups (broad SMARTS) is 1. The molecule has 4 nitrogen and oxygen atoms in total. The molecular formula is C16H25NO3. The lowest BCUT2D eigenvalue weighted by Gasteiger charge is -2.21. The third kappa shape index (κ3) is 4.32. The van der Waals surface area contributed by atoms with Crippen molar-refractivity contribution in [2.75, 3.05) is 13.2 Å². The summed E-state index contributed by atoms with van der Waals surface area (Å²) < 4.78 is 5.14. The molecule has 1 rings (SSSR count). The van der Waals surface area contributed by atoms with Crippen molar-refractivity contribution in [3.8, 4) is 0 Å². The minimum Gasteiger partial charge on any atom is -0.480 e. The van der Waals surface area contributed by atoms with Gasteiger partial charge in [0, 0.05) is 0 Å². The zero-order valence-electron chi connectivity index (χ0n) is 12.6. The number of ether oxygens (including phenoxy) is 1. The minimum atomic E-state index is -0.968. The molecule has 1 aromatic rings. The van der Waals surface area contributed by atoms with Gasteiger partial charge in [0.25, 0.3) is 0 Å². The highest BCUT2D eigenvalue weighted by molar-refractivity contribution is 5.68. The molecule has 1 atom stereocenters. The summed E-state index contributed by atoms with van der Waals surface area (Å²) in [6.45, 7) is 6.30. The molecule has 0 saturated carbocycles. The van der Waals surface area contributed by atoms with Gasteiger partial charge in [-0.15, -0.1) is 0 Å². The molecule has 0 aliphatic carbocycles. The number of carboxylic acids is 1. The lowest BCUT2D eigenvalue weighted by molar-refractivity contribution is -0.142. The van der Waals surface area contributed by atoms with Crippen LogP contribution in [0.5, 0.6) is 0 Å². The Morgan fingerprint density at radius 1 is 1.20 bits per heavy atom. The molecule has 0 spiro atoms. The minimum absolute atomic E-state index is 0.234. The molecule has 0 aromatic heterocycles. The van der Waals surface area contributed by atoms with E-state index in [-0.39, 0.29) is 19.3 Å². The molecule has 0 aliphatic heterocycles. The molecule has 0 saturated heterocycles. The van der Waals surface area contributed by atoms with E-state index in [1.807, 2.05) is 0 Å². The van der Waals surface area contributed by atoms with Crippen LogP contribution in [0.1, 0.15) is 49.1 Å². The molecule has 0 fully saturated rings. The van der Waals surface area contributed by atoms with Gasteiger partial charge in [0.15, 0.2) is 0 Å². The Balaban J connectivity index is 2.98. The summed E-state index contributed by atoms with van der Waals surface area (Å²) in [7, 11) is 0. The van der Waals surface area contributed by atoms with Gasteiger partial charge in [0.2, 0.25) is 0 Å². The lowest BCUT2D eigenvalue weighted by atomic mass is 9.90. The summed E-state index contributed by atoms with van der Waals surface area (Å²) in [5, 5.41) is 8.60. The van der Waals surface area contributed by atoms with Gasteiger partial charge < -0.3 is 15.6 Å². The smallest absolute Gasteiger partial charge is 0.329 e. The number of hydrogen-bond donors (Lipinski definition) is 2. The van der Waals surface area contributed by atoms with E-state index < -0.39 is 5.97 Å². The summed E-state index contributed by atoms with van der Waals surface area (Å²) >= 11 is 0. The third-order valence-electron chi connectivity index (χ3n) is 3.47. The average molecular weight is 279 g/mol. The summed E-state index contributed by atoms with van der Waals surface area (Å²) in [6, 6.07) is 4.13.